The van der Waals surface area contributed by atoms with Crippen LogP contribution in [0.4, 0.5) is 5.82 Å². The Balaban J connectivity index is 1.66. The van der Waals surface area contributed by atoms with Crippen LogP contribution in [-0.4, -0.2) is 22.0 Å². The van der Waals surface area contributed by atoms with E-state index in [0.717, 1.165) is 5.39 Å². The van der Waals surface area contributed by atoms with Crippen LogP contribution >= 0.6 is 11.6 Å². The molecule has 1 aliphatic heterocycles. The van der Waals surface area contributed by atoms with Gasteiger partial charge in [-0.25, -0.2) is 0 Å². The van der Waals surface area contributed by atoms with Crippen LogP contribution in [0.2, 0.25) is 5.02 Å². The Hall–Kier alpha value is -3.84. The first-order valence-electron chi connectivity index (χ1n) is 9.43. The number of Topliss-reactive ketones (excluding diaryl/α,β-unsaturated/α-hetero) is 1. The van der Waals surface area contributed by atoms with Gasteiger partial charge in [0.15, 0.2) is 17.3 Å². The van der Waals surface area contributed by atoms with E-state index in [4.69, 9.17) is 20.5 Å². The zero-order valence-electron chi connectivity index (χ0n) is 16.2. The maximum Gasteiger partial charge on any atom is 0.295 e. The van der Waals surface area contributed by atoms with Crippen LogP contribution in [-0.2, 0) is 4.79 Å². The summed E-state index contributed by atoms with van der Waals surface area (Å²) in [5.41, 5.74) is 0.997. The summed E-state index contributed by atoms with van der Waals surface area (Å²) >= 11 is 6.02. The standard InChI is InChI=1S/C23H15ClN2O5/c1-12-10-18(25-31-12)26-20(13-6-8-15(24)9-7-13)19(22(28)23(26)29)21(27)17-11-14-4-2-3-5-16(14)30-17/h2-11,20,28H,1H3/t20-/m0/s1. The molecule has 0 bridgehead atoms. The van der Waals surface area contributed by atoms with Gasteiger partial charge in [0, 0.05) is 16.5 Å². The number of rotatable bonds is 4. The number of hydrogen-bond donors (Lipinski definition) is 1. The molecule has 31 heavy (non-hydrogen) atoms. The fourth-order valence-corrected chi connectivity index (χ4v) is 3.85. The molecule has 1 aliphatic rings. The number of benzene rings is 2. The summed E-state index contributed by atoms with van der Waals surface area (Å²) in [6.07, 6.45) is 0. The first kappa shape index (κ1) is 19.1. The molecule has 0 unspecified atom stereocenters. The van der Waals surface area contributed by atoms with Crippen molar-refractivity contribution in [1.82, 2.24) is 5.16 Å². The number of aromatic nitrogens is 1. The zero-order chi connectivity index (χ0) is 21.7. The number of halogens is 1. The van der Waals surface area contributed by atoms with Crippen LogP contribution in [0.15, 0.2) is 80.9 Å². The van der Waals surface area contributed by atoms with E-state index in [1.807, 2.05) is 12.1 Å². The van der Waals surface area contributed by atoms with Gasteiger partial charge >= 0.3 is 0 Å². The summed E-state index contributed by atoms with van der Waals surface area (Å²) in [4.78, 5) is 27.7. The van der Waals surface area contributed by atoms with Crippen LogP contribution in [0.1, 0.15) is 27.9 Å². The second kappa shape index (κ2) is 7.14. The molecular weight excluding hydrogens is 420 g/mol. The largest absolute Gasteiger partial charge is 0.503 e. The fourth-order valence-electron chi connectivity index (χ4n) is 3.73. The molecule has 0 saturated carbocycles. The van der Waals surface area contributed by atoms with Gasteiger partial charge in [0.25, 0.3) is 5.91 Å². The van der Waals surface area contributed by atoms with E-state index in [1.165, 1.54) is 4.90 Å². The summed E-state index contributed by atoms with van der Waals surface area (Å²) in [7, 11) is 0. The van der Waals surface area contributed by atoms with Crippen molar-refractivity contribution in [3.8, 4) is 0 Å². The number of nitrogens with zero attached hydrogens (tertiary/aromatic N) is 2. The molecule has 0 saturated heterocycles. The number of carbonyl (C=O) groups is 2. The predicted molar refractivity (Wildman–Crippen MR) is 113 cm³/mol. The van der Waals surface area contributed by atoms with Gasteiger partial charge in [-0.2, -0.15) is 0 Å². The molecule has 0 spiro atoms. The molecule has 3 heterocycles. The molecule has 8 heteroatoms. The SMILES string of the molecule is Cc1cc(N2C(=O)C(O)=C(C(=O)c3cc4ccccc4o3)[C@@H]2c2ccc(Cl)cc2)no1. The normalized spacial score (nSPS) is 16.5. The highest BCUT2D eigenvalue weighted by Crippen LogP contribution is 2.42. The number of carbonyl (C=O) groups excluding carboxylic acids is 2. The van der Waals surface area contributed by atoms with E-state index in [2.05, 4.69) is 5.16 Å². The van der Waals surface area contributed by atoms with Crippen molar-refractivity contribution in [3.05, 3.63) is 94.1 Å². The van der Waals surface area contributed by atoms with Gasteiger partial charge in [0.1, 0.15) is 11.3 Å². The minimum atomic E-state index is -0.935. The van der Waals surface area contributed by atoms with E-state index >= 15 is 0 Å². The molecule has 5 rings (SSSR count). The van der Waals surface area contributed by atoms with Crippen molar-refractivity contribution in [2.24, 2.45) is 0 Å². The van der Waals surface area contributed by atoms with Gasteiger partial charge in [0.05, 0.1) is 11.6 Å². The molecule has 154 valence electrons. The van der Waals surface area contributed by atoms with Crippen LogP contribution in [0.5, 0.6) is 0 Å². The average Bonchev–Trinajstić information content (AvgIpc) is 3.45. The Morgan fingerprint density at radius 2 is 1.87 bits per heavy atom. The van der Waals surface area contributed by atoms with Gasteiger partial charge in [-0.3, -0.25) is 14.5 Å². The smallest absolute Gasteiger partial charge is 0.295 e. The molecular formula is C23H15ClN2O5. The Kier molecular flexibility index (Phi) is 4.41. The lowest BCUT2D eigenvalue weighted by molar-refractivity contribution is -0.117. The molecule has 1 amide bonds. The van der Waals surface area contributed by atoms with Crippen molar-refractivity contribution in [2.75, 3.05) is 4.90 Å². The third kappa shape index (κ3) is 3.10. The van der Waals surface area contributed by atoms with Crippen molar-refractivity contribution in [2.45, 2.75) is 13.0 Å². The number of furan rings is 1. The van der Waals surface area contributed by atoms with Gasteiger partial charge in [-0.05, 0) is 36.8 Å². The number of hydrogen-bond acceptors (Lipinski definition) is 6. The van der Waals surface area contributed by atoms with Crippen molar-refractivity contribution in [3.63, 3.8) is 0 Å². The predicted octanol–water partition coefficient (Wildman–Crippen LogP) is 5.17. The molecule has 1 N–H and O–H groups in total. The number of aryl methyl sites for hydroxylation is 1. The number of para-hydroxylation sites is 1. The summed E-state index contributed by atoms with van der Waals surface area (Å²) < 4.78 is 10.8. The van der Waals surface area contributed by atoms with Crippen LogP contribution in [0.3, 0.4) is 0 Å². The lowest BCUT2D eigenvalue weighted by atomic mass is 9.95. The molecule has 7 nitrogen and oxygen atoms in total. The maximum absolute atomic E-state index is 13.4. The Morgan fingerprint density at radius 1 is 1.13 bits per heavy atom. The summed E-state index contributed by atoms with van der Waals surface area (Å²) in [5, 5.41) is 15.9. The third-order valence-corrected chi connectivity index (χ3v) is 5.40. The Morgan fingerprint density at radius 3 is 2.55 bits per heavy atom. The number of ketones is 1. The highest BCUT2D eigenvalue weighted by atomic mass is 35.5. The lowest BCUT2D eigenvalue weighted by Crippen LogP contribution is -2.31. The van der Waals surface area contributed by atoms with Gasteiger partial charge < -0.3 is 14.0 Å². The van der Waals surface area contributed by atoms with Crippen LogP contribution < -0.4 is 4.90 Å². The van der Waals surface area contributed by atoms with E-state index in [1.54, 1.807) is 55.5 Å². The van der Waals surface area contributed by atoms with Crippen LogP contribution in [0, 0.1) is 6.92 Å². The van der Waals surface area contributed by atoms with E-state index in [9.17, 15) is 14.7 Å². The second-order valence-corrected chi connectivity index (χ2v) is 7.60. The zero-order valence-corrected chi connectivity index (χ0v) is 17.0. The monoisotopic (exact) mass is 434 g/mol. The molecule has 1 atom stereocenters. The topological polar surface area (TPSA) is 96.8 Å². The van der Waals surface area contributed by atoms with E-state index in [-0.39, 0.29) is 17.2 Å². The quantitative estimate of drug-likeness (QED) is 0.445. The summed E-state index contributed by atoms with van der Waals surface area (Å²) in [6.45, 7) is 1.68. The Bertz CT molecular complexity index is 1330. The molecule has 2 aromatic carbocycles. The minimum Gasteiger partial charge on any atom is -0.503 e. The van der Waals surface area contributed by atoms with E-state index < -0.39 is 23.5 Å². The number of amides is 1. The van der Waals surface area contributed by atoms with Crippen LogP contribution in [0.25, 0.3) is 11.0 Å². The van der Waals surface area contributed by atoms with Gasteiger partial charge in [-0.1, -0.05) is 47.1 Å². The highest BCUT2D eigenvalue weighted by Gasteiger charge is 2.46. The highest BCUT2D eigenvalue weighted by molar-refractivity contribution is 6.30. The first-order valence-corrected chi connectivity index (χ1v) is 9.80. The molecule has 4 aromatic rings. The van der Waals surface area contributed by atoms with Crippen molar-refractivity contribution in [1.29, 1.82) is 0 Å². The molecule has 0 aliphatic carbocycles. The van der Waals surface area contributed by atoms with Gasteiger partial charge in [-0.15, -0.1) is 0 Å². The number of aliphatic hydroxyl groups is 1. The molecule has 2 aromatic heterocycles. The fraction of sp³-hybridized carbons (Fsp3) is 0.0870. The third-order valence-electron chi connectivity index (χ3n) is 5.15. The summed E-state index contributed by atoms with van der Waals surface area (Å²) in [5.74, 6) is -1.33. The Labute approximate surface area is 181 Å². The van der Waals surface area contributed by atoms with Gasteiger partial charge in [0.2, 0.25) is 5.78 Å². The number of anilines is 1. The average molecular weight is 435 g/mol. The second-order valence-electron chi connectivity index (χ2n) is 7.16. The summed E-state index contributed by atoms with van der Waals surface area (Å²) in [6, 6.07) is 16.0. The van der Waals surface area contributed by atoms with Crippen molar-refractivity contribution >= 4 is 40.1 Å². The minimum absolute atomic E-state index is 0.0210. The molecule has 0 radical (unpaired) electrons. The van der Waals surface area contributed by atoms with E-state index in [0.29, 0.717) is 21.9 Å². The maximum atomic E-state index is 13.4. The first-order chi connectivity index (χ1) is 14.9. The van der Waals surface area contributed by atoms with Crippen molar-refractivity contribution < 1.29 is 23.6 Å². The number of fused-ring (bicyclic) bond motifs is 1. The number of aliphatic hydroxyl groups excluding tert-OH is 1. The lowest BCUT2D eigenvalue weighted by Gasteiger charge is -2.24. The molecule has 0 fully saturated rings.